The highest BCUT2D eigenvalue weighted by Gasteiger charge is 2.20. The van der Waals surface area contributed by atoms with Crippen molar-refractivity contribution >= 4 is 17.4 Å². The lowest BCUT2D eigenvalue weighted by Crippen LogP contribution is -2.30. The number of benzene rings is 1. The largest absolute Gasteiger partial charge is 0.493 e. The van der Waals surface area contributed by atoms with Gasteiger partial charge in [-0.1, -0.05) is 13.3 Å². The Morgan fingerprint density at radius 1 is 1.19 bits per heavy atom. The fraction of sp³-hybridized carbons (Fsp3) is 0.429. The van der Waals surface area contributed by atoms with E-state index in [0.29, 0.717) is 12.2 Å². The quantitative estimate of drug-likeness (QED) is 0.804. The van der Waals surface area contributed by atoms with Crippen LogP contribution in [-0.4, -0.2) is 31.7 Å². The number of aromatic nitrogens is 1. The normalized spacial score (nSPS) is 13.1. The fourth-order valence-electron chi connectivity index (χ4n) is 3.29. The Morgan fingerprint density at radius 2 is 1.93 bits per heavy atom. The van der Waals surface area contributed by atoms with Crippen LogP contribution < -0.4 is 19.7 Å². The van der Waals surface area contributed by atoms with Crippen molar-refractivity contribution in [2.24, 2.45) is 0 Å². The summed E-state index contributed by atoms with van der Waals surface area (Å²) in [5, 5.41) is 2.85. The number of carbonyl (C=O) groups is 1. The van der Waals surface area contributed by atoms with Crippen molar-refractivity contribution in [3.63, 3.8) is 0 Å². The maximum Gasteiger partial charge on any atom is 0.225 e. The molecule has 0 atom stereocenters. The van der Waals surface area contributed by atoms with Crippen molar-refractivity contribution < 1.29 is 14.3 Å². The minimum atomic E-state index is 0.0186. The van der Waals surface area contributed by atoms with Gasteiger partial charge < -0.3 is 19.7 Å². The minimum Gasteiger partial charge on any atom is -0.493 e. The lowest BCUT2D eigenvalue weighted by Gasteiger charge is -2.31. The number of hydrogen-bond donors (Lipinski definition) is 1. The van der Waals surface area contributed by atoms with Crippen LogP contribution in [0.15, 0.2) is 30.5 Å². The van der Waals surface area contributed by atoms with Crippen molar-refractivity contribution in [2.45, 2.75) is 39.2 Å². The molecule has 0 radical (unpaired) electrons. The van der Waals surface area contributed by atoms with Crippen molar-refractivity contribution in [1.82, 2.24) is 4.98 Å². The lowest BCUT2D eigenvalue weighted by atomic mass is 9.98. The summed E-state index contributed by atoms with van der Waals surface area (Å²) in [4.78, 5) is 18.5. The van der Waals surface area contributed by atoms with Crippen LogP contribution >= 0.6 is 0 Å². The molecular weight excluding hydrogens is 342 g/mol. The Hall–Kier alpha value is -2.76. The average molecular weight is 369 g/mol. The molecule has 1 N–H and O–H groups in total. The molecule has 6 heteroatoms. The Labute approximate surface area is 160 Å². The molecular formula is C21H27N3O3. The van der Waals surface area contributed by atoms with Gasteiger partial charge in [-0.2, -0.15) is 0 Å². The second-order valence-electron chi connectivity index (χ2n) is 6.70. The van der Waals surface area contributed by atoms with E-state index in [4.69, 9.17) is 9.47 Å². The first-order chi connectivity index (χ1) is 13.1. The third-order valence-electron chi connectivity index (χ3n) is 4.86. The molecule has 3 rings (SSSR count). The number of fused-ring (bicyclic) bond motifs is 1. The molecule has 144 valence electrons. The van der Waals surface area contributed by atoms with Crippen LogP contribution in [-0.2, 0) is 17.8 Å². The van der Waals surface area contributed by atoms with Crippen LogP contribution in [0.2, 0.25) is 0 Å². The van der Waals surface area contributed by atoms with E-state index in [1.54, 1.807) is 14.2 Å². The number of rotatable bonds is 7. The molecule has 1 aliphatic rings. The molecule has 0 spiro atoms. The molecule has 1 aromatic heterocycles. The third kappa shape index (κ3) is 4.51. The van der Waals surface area contributed by atoms with Gasteiger partial charge in [0.15, 0.2) is 11.5 Å². The topological polar surface area (TPSA) is 63.7 Å². The highest BCUT2D eigenvalue weighted by molar-refractivity contribution is 5.89. The maximum atomic E-state index is 11.8. The van der Waals surface area contributed by atoms with Crippen LogP contribution in [0, 0.1) is 0 Å². The van der Waals surface area contributed by atoms with Crippen molar-refractivity contribution in [1.29, 1.82) is 0 Å². The van der Waals surface area contributed by atoms with E-state index in [1.807, 2.05) is 18.3 Å². The first-order valence-electron chi connectivity index (χ1n) is 9.39. The SMILES string of the molecule is CCCCC(=O)Nc1ccc(N2CCc3cc(OC)c(OC)cc3C2)cn1. The van der Waals surface area contributed by atoms with Gasteiger partial charge in [0, 0.05) is 19.5 Å². The van der Waals surface area contributed by atoms with Gasteiger partial charge in [-0.15, -0.1) is 0 Å². The van der Waals surface area contributed by atoms with E-state index in [1.165, 1.54) is 11.1 Å². The number of carbonyl (C=O) groups excluding carboxylic acids is 1. The number of hydrogen-bond acceptors (Lipinski definition) is 5. The molecule has 1 amide bonds. The smallest absolute Gasteiger partial charge is 0.225 e. The van der Waals surface area contributed by atoms with Gasteiger partial charge in [-0.25, -0.2) is 4.98 Å². The van der Waals surface area contributed by atoms with Crippen LogP contribution in [0.4, 0.5) is 11.5 Å². The summed E-state index contributed by atoms with van der Waals surface area (Å²) in [5.74, 6) is 2.14. The molecule has 1 aliphatic heterocycles. The molecule has 27 heavy (non-hydrogen) atoms. The third-order valence-corrected chi connectivity index (χ3v) is 4.86. The number of pyridine rings is 1. The van der Waals surface area contributed by atoms with Gasteiger partial charge in [-0.05, 0) is 48.2 Å². The minimum absolute atomic E-state index is 0.0186. The summed E-state index contributed by atoms with van der Waals surface area (Å²) in [6.07, 6.45) is 5.19. The highest BCUT2D eigenvalue weighted by Crippen LogP contribution is 2.34. The zero-order valence-electron chi connectivity index (χ0n) is 16.2. The average Bonchev–Trinajstić information content (AvgIpc) is 2.71. The summed E-state index contributed by atoms with van der Waals surface area (Å²) >= 11 is 0. The van der Waals surface area contributed by atoms with Crippen LogP contribution in [0.25, 0.3) is 0 Å². The van der Waals surface area contributed by atoms with E-state index in [9.17, 15) is 4.79 Å². The molecule has 0 saturated carbocycles. The lowest BCUT2D eigenvalue weighted by molar-refractivity contribution is -0.116. The predicted octanol–water partition coefficient (Wildman–Crippen LogP) is 3.79. The molecule has 0 bridgehead atoms. The molecule has 0 fully saturated rings. The molecule has 0 aliphatic carbocycles. The van der Waals surface area contributed by atoms with Crippen molar-refractivity contribution in [3.8, 4) is 11.5 Å². The van der Waals surface area contributed by atoms with E-state index >= 15 is 0 Å². The summed E-state index contributed by atoms with van der Waals surface area (Å²) in [6, 6.07) is 7.99. The summed E-state index contributed by atoms with van der Waals surface area (Å²) in [7, 11) is 3.32. The van der Waals surface area contributed by atoms with Gasteiger partial charge in [0.05, 0.1) is 26.1 Å². The van der Waals surface area contributed by atoms with Gasteiger partial charge in [-0.3, -0.25) is 4.79 Å². The standard InChI is InChI=1S/C21H27N3O3/c1-4-5-6-21(25)23-20-8-7-17(13-22-20)24-10-9-15-11-18(26-2)19(27-3)12-16(15)14-24/h7-8,11-13H,4-6,9-10,14H2,1-3H3,(H,22,23,25). The summed E-state index contributed by atoms with van der Waals surface area (Å²) in [6.45, 7) is 3.77. The first kappa shape index (κ1) is 19.0. The maximum absolute atomic E-state index is 11.8. The van der Waals surface area contributed by atoms with Gasteiger partial charge >= 0.3 is 0 Å². The van der Waals surface area contributed by atoms with E-state index in [-0.39, 0.29) is 5.91 Å². The number of unbranched alkanes of at least 4 members (excludes halogenated alkanes) is 1. The Bertz CT molecular complexity index is 790. The highest BCUT2D eigenvalue weighted by atomic mass is 16.5. The predicted molar refractivity (Wildman–Crippen MR) is 107 cm³/mol. The Kier molecular flexibility index (Phi) is 6.16. The van der Waals surface area contributed by atoms with E-state index in [2.05, 4.69) is 34.3 Å². The first-order valence-corrected chi connectivity index (χ1v) is 9.39. The van der Waals surface area contributed by atoms with Gasteiger partial charge in [0.25, 0.3) is 0 Å². The van der Waals surface area contributed by atoms with Gasteiger partial charge in [0.1, 0.15) is 5.82 Å². The zero-order valence-corrected chi connectivity index (χ0v) is 16.2. The van der Waals surface area contributed by atoms with Crippen LogP contribution in [0.5, 0.6) is 11.5 Å². The molecule has 2 heterocycles. The van der Waals surface area contributed by atoms with E-state index < -0.39 is 0 Å². The fourth-order valence-corrected chi connectivity index (χ4v) is 3.29. The van der Waals surface area contributed by atoms with Crippen molar-refractivity contribution in [2.75, 3.05) is 31.0 Å². The zero-order chi connectivity index (χ0) is 19.2. The monoisotopic (exact) mass is 369 g/mol. The second-order valence-corrected chi connectivity index (χ2v) is 6.70. The number of nitrogens with one attached hydrogen (secondary N) is 1. The molecule has 0 unspecified atom stereocenters. The number of amides is 1. The molecule has 2 aromatic rings. The number of ether oxygens (including phenoxy) is 2. The molecule has 6 nitrogen and oxygen atoms in total. The number of methoxy groups -OCH3 is 2. The number of nitrogens with zero attached hydrogens (tertiary/aromatic N) is 2. The summed E-state index contributed by atoms with van der Waals surface area (Å²) < 4.78 is 10.8. The molecule has 1 aromatic carbocycles. The van der Waals surface area contributed by atoms with Crippen molar-refractivity contribution in [3.05, 3.63) is 41.6 Å². The van der Waals surface area contributed by atoms with E-state index in [0.717, 1.165) is 49.5 Å². The molecule has 0 saturated heterocycles. The Balaban J connectivity index is 1.69. The second kappa shape index (κ2) is 8.75. The van der Waals surface area contributed by atoms with Gasteiger partial charge in [0.2, 0.25) is 5.91 Å². The summed E-state index contributed by atoms with van der Waals surface area (Å²) in [5.41, 5.74) is 3.56. The van der Waals surface area contributed by atoms with Crippen LogP contribution in [0.3, 0.4) is 0 Å². The Morgan fingerprint density at radius 3 is 2.56 bits per heavy atom. The number of anilines is 2. The van der Waals surface area contributed by atoms with Crippen LogP contribution in [0.1, 0.15) is 37.3 Å².